The standard InChI is InChI=1S/C27H48N3O6S/c1-16(2)13-27(11,15-37(34,35)25(6,7)8)29-23(33)28-20(24(3,4)5)21(31)30-14-17-18(26(17,9)10)19(30)22(32)36-12/h16-20H,13-15H2,1-12H3,(H,28,33)/t17-,18-,19-,20+,27-/m0/s1. The van der Waals surface area contributed by atoms with Gasteiger partial charge in [-0.25, -0.2) is 23.3 Å². The smallest absolute Gasteiger partial charge is 0.337 e. The number of nitrogens with one attached hydrogen (secondary N) is 1. The highest BCUT2D eigenvalue weighted by Crippen LogP contribution is 2.65. The molecule has 2 fully saturated rings. The normalized spacial score (nSPS) is 25.6. The van der Waals surface area contributed by atoms with Crippen molar-refractivity contribution in [2.24, 2.45) is 28.6 Å². The first-order chi connectivity index (χ1) is 16.5. The van der Waals surface area contributed by atoms with E-state index in [0.717, 1.165) is 0 Å². The van der Waals surface area contributed by atoms with Crippen LogP contribution in [0.3, 0.4) is 0 Å². The van der Waals surface area contributed by atoms with Crippen molar-refractivity contribution in [2.75, 3.05) is 19.4 Å². The number of piperidine rings is 1. The van der Waals surface area contributed by atoms with Crippen molar-refractivity contribution >= 4 is 27.7 Å². The number of esters is 1. The second kappa shape index (κ2) is 10.0. The third-order valence-electron chi connectivity index (χ3n) is 7.97. The minimum absolute atomic E-state index is 0.0156. The molecule has 5 atom stereocenters. The first-order valence-corrected chi connectivity index (χ1v) is 14.8. The number of nitrogens with zero attached hydrogens (tertiary/aromatic N) is 2. The minimum atomic E-state index is -3.57. The number of ether oxygens (including phenoxy) is 1. The van der Waals surface area contributed by atoms with Crippen LogP contribution in [0.1, 0.15) is 82.6 Å². The number of sulfone groups is 1. The molecule has 0 aromatic heterocycles. The van der Waals surface area contributed by atoms with Crippen LogP contribution in [0.15, 0.2) is 0 Å². The molecule has 2 aliphatic rings. The molecule has 2 rings (SSSR count). The molecule has 1 saturated carbocycles. The quantitative estimate of drug-likeness (QED) is 0.469. The lowest BCUT2D eigenvalue weighted by Crippen LogP contribution is -2.60. The van der Waals surface area contributed by atoms with Crippen molar-refractivity contribution in [2.45, 2.75) is 105 Å². The summed E-state index contributed by atoms with van der Waals surface area (Å²) in [5.41, 5.74) is -1.90. The Balaban J connectivity index is 2.29. The van der Waals surface area contributed by atoms with Gasteiger partial charge in [-0.05, 0) is 56.8 Å². The Morgan fingerprint density at radius 1 is 1.08 bits per heavy atom. The fraction of sp³-hybridized carbons (Fsp3) is 0.889. The van der Waals surface area contributed by atoms with Crippen molar-refractivity contribution < 1.29 is 27.5 Å². The molecule has 1 radical (unpaired) electrons. The molecule has 1 aliphatic heterocycles. The van der Waals surface area contributed by atoms with Crippen LogP contribution in [0, 0.1) is 28.6 Å². The summed E-state index contributed by atoms with van der Waals surface area (Å²) in [4.78, 5) is 41.3. The fourth-order valence-corrected chi connectivity index (χ4v) is 7.19. The van der Waals surface area contributed by atoms with Crippen molar-refractivity contribution in [3.8, 4) is 0 Å². The number of urea groups is 1. The zero-order valence-corrected chi connectivity index (χ0v) is 25.6. The molecular formula is C27H48N3O6S. The molecule has 1 saturated heterocycles. The number of hydrogen-bond donors (Lipinski definition) is 1. The van der Waals surface area contributed by atoms with E-state index < -0.39 is 49.6 Å². The number of methoxy groups -OCH3 is 1. The molecule has 37 heavy (non-hydrogen) atoms. The molecule has 1 aliphatic carbocycles. The Morgan fingerprint density at radius 2 is 1.62 bits per heavy atom. The third kappa shape index (κ3) is 6.60. The SMILES string of the molecule is COC(=O)[C@@H]1[C@@H]2[C@H](CN1C(=O)[C@@H](NC(=O)[N][C@@](C)(CC(C)C)CS(=O)(=O)C(C)(C)C)C(C)(C)C)C2(C)C. The van der Waals surface area contributed by atoms with Gasteiger partial charge in [-0.1, -0.05) is 48.5 Å². The average molecular weight is 543 g/mol. The van der Waals surface area contributed by atoms with Crippen LogP contribution in [-0.2, 0) is 24.2 Å². The van der Waals surface area contributed by atoms with Crippen LogP contribution >= 0.6 is 0 Å². The van der Waals surface area contributed by atoms with Gasteiger partial charge in [0, 0.05) is 12.5 Å². The zero-order valence-electron chi connectivity index (χ0n) is 24.8. The minimum Gasteiger partial charge on any atom is -0.467 e. The van der Waals surface area contributed by atoms with E-state index in [1.165, 1.54) is 7.11 Å². The molecular weight excluding hydrogens is 494 g/mol. The van der Waals surface area contributed by atoms with Crippen LogP contribution < -0.4 is 10.6 Å². The van der Waals surface area contributed by atoms with Crippen LogP contribution in [-0.4, -0.2) is 73.0 Å². The first kappa shape index (κ1) is 31.4. The van der Waals surface area contributed by atoms with Gasteiger partial charge in [0.15, 0.2) is 9.84 Å². The summed E-state index contributed by atoms with van der Waals surface area (Å²) in [5, 5.41) is 7.11. The van der Waals surface area contributed by atoms with Crippen LogP contribution in [0.25, 0.3) is 0 Å². The lowest BCUT2D eigenvalue weighted by Gasteiger charge is -2.38. The molecule has 1 heterocycles. The van der Waals surface area contributed by atoms with Gasteiger partial charge in [0.1, 0.15) is 12.1 Å². The molecule has 0 aromatic rings. The summed E-state index contributed by atoms with van der Waals surface area (Å²) in [6, 6.07) is -2.39. The van der Waals surface area contributed by atoms with Crippen LogP contribution in [0.5, 0.6) is 0 Å². The highest BCUT2D eigenvalue weighted by Gasteiger charge is 2.70. The molecule has 0 bridgehead atoms. The first-order valence-electron chi connectivity index (χ1n) is 13.1. The summed E-state index contributed by atoms with van der Waals surface area (Å²) in [7, 11) is -2.25. The second-order valence-corrected chi connectivity index (χ2v) is 17.0. The topological polar surface area (TPSA) is 124 Å². The van der Waals surface area contributed by atoms with Gasteiger partial charge in [0.05, 0.1) is 23.1 Å². The summed E-state index contributed by atoms with van der Waals surface area (Å²) >= 11 is 0. The van der Waals surface area contributed by atoms with E-state index in [1.54, 1.807) is 32.6 Å². The van der Waals surface area contributed by atoms with Gasteiger partial charge in [-0.15, -0.1) is 0 Å². The largest absolute Gasteiger partial charge is 0.467 e. The summed E-state index contributed by atoms with van der Waals surface area (Å²) in [6.45, 7) is 20.6. The van der Waals surface area contributed by atoms with E-state index >= 15 is 0 Å². The van der Waals surface area contributed by atoms with Gasteiger partial charge >= 0.3 is 12.0 Å². The maximum absolute atomic E-state index is 13.8. The number of carbonyl (C=O) groups is 3. The average Bonchev–Trinajstić information content (AvgIpc) is 3.03. The van der Waals surface area contributed by atoms with Crippen LogP contribution in [0.4, 0.5) is 4.79 Å². The summed E-state index contributed by atoms with van der Waals surface area (Å²) in [5.74, 6) is -0.787. The van der Waals surface area contributed by atoms with Crippen LogP contribution in [0.2, 0.25) is 0 Å². The summed E-state index contributed by atoms with van der Waals surface area (Å²) in [6.07, 6.45) is 0.388. The Bertz CT molecular complexity index is 1010. The predicted molar refractivity (Wildman–Crippen MR) is 144 cm³/mol. The molecule has 1 N–H and O–H groups in total. The van der Waals surface area contributed by atoms with E-state index in [9.17, 15) is 22.8 Å². The molecule has 3 amide bonds. The number of fused-ring (bicyclic) bond motifs is 1. The van der Waals surface area contributed by atoms with Crippen molar-refractivity contribution in [3.05, 3.63) is 0 Å². The van der Waals surface area contributed by atoms with Gasteiger partial charge in [-0.3, -0.25) is 4.79 Å². The molecule has 9 nitrogen and oxygen atoms in total. The van der Waals surface area contributed by atoms with Crippen molar-refractivity contribution in [1.82, 2.24) is 15.5 Å². The Labute approximate surface area is 223 Å². The molecule has 10 heteroatoms. The second-order valence-electron chi connectivity index (χ2n) is 14.2. The number of rotatable bonds is 8. The van der Waals surface area contributed by atoms with E-state index in [0.29, 0.717) is 13.0 Å². The summed E-state index contributed by atoms with van der Waals surface area (Å²) < 4.78 is 30.1. The van der Waals surface area contributed by atoms with E-state index in [1.807, 2.05) is 34.6 Å². The molecule has 0 unspecified atom stereocenters. The van der Waals surface area contributed by atoms with E-state index in [-0.39, 0.29) is 34.8 Å². The molecule has 0 spiro atoms. The molecule has 0 aromatic carbocycles. The van der Waals surface area contributed by atoms with Gasteiger partial charge in [-0.2, -0.15) is 0 Å². The highest BCUT2D eigenvalue weighted by molar-refractivity contribution is 7.92. The maximum atomic E-state index is 13.8. The highest BCUT2D eigenvalue weighted by atomic mass is 32.2. The number of carbonyl (C=O) groups excluding carboxylic acids is 3. The van der Waals surface area contributed by atoms with Gasteiger partial charge in [0.25, 0.3) is 0 Å². The lowest BCUT2D eigenvalue weighted by atomic mass is 9.85. The zero-order chi connectivity index (χ0) is 28.9. The van der Waals surface area contributed by atoms with Gasteiger partial charge < -0.3 is 15.0 Å². The maximum Gasteiger partial charge on any atom is 0.337 e. The number of hydrogen-bond acceptors (Lipinski definition) is 6. The van der Waals surface area contributed by atoms with Crippen molar-refractivity contribution in [1.29, 1.82) is 0 Å². The van der Waals surface area contributed by atoms with E-state index in [2.05, 4.69) is 24.5 Å². The number of amides is 3. The Morgan fingerprint density at radius 3 is 2.05 bits per heavy atom. The third-order valence-corrected chi connectivity index (χ3v) is 10.8. The predicted octanol–water partition coefficient (Wildman–Crippen LogP) is 3.39. The molecule has 213 valence electrons. The number of likely N-dealkylation sites (tertiary alicyclic amines) is 1. The Kier molecular flexibility index (Phi) is 8.52. The Hall–Kier alpha value is -1.84. The van der Waals surface area contributed by atoms with Crippen molar-refractivity contribution in [3.63, 3.8) is 0 Å². The monoisotopic (exact) mass is 542 g/mol. The lowest BCUT2D eigenvalue weighted by molar-refractivity contribution is -0.154. The van der Waals surface area contributed by atoms with E-state index in [4.69, 9.17) is 4.74 Å². The fourth-order valence-electron chi connectivity index (χ4n) is 5.76. The van der Waals surface area contributed by atoms with Gasteiger partial charge in [0.2, 0.25) is 5.91 Å².